The van der Waals surface area contributed by atoms with Crippen LogP contribution in [0.15, 0.2) is 30.3 Å². The molecule has 110 valence electrons. The topological polar surface area (TPSA) is 49.8 Å². The quantitative estimate of drug-likeness (QED) is 0.915. The molecular weight excluding hydrogens is 254 g/mol. The van der Waals surface area contributed by atoms with Gasteiger partial charge in [0, 0.05) is 25.6 Å². The first-order valence-electron chi connectivity index (χ1n) is 7.07. The van der Waals surface area contributed by atoms with E-state index in [1.165, 1.54) is 0 Å². The molecule has 0 bridgehead atoms. The second-order valence-corrected chi connectivity index (χ2v) is 5.86. The first-order chi connectivity index (χ1) is 9.59. The lowest BCUT2D eigenvalue weighted by Gasteiger charge is -2.40. The van der Waals surface area contributed by atoms with Crippen molar-refractivity contribution in [1.82, 2.24) is 4.90 Å². The van der Waals surface area contributed by atoms with Gasteiger partial charge in [-0.25, -0.2) is 0 Å². The molecule has 4 nitrogen and oxygen atoms in total. The average Bonchev–Trinajstić information content (AvgIpc) is 2.49. The Hall–Kier alpha value is -1.39. The van der Waals surface area contributed by atoms with Gasteiger partial charge in [-0.05, 0) is 18.4 Å². The number of carbonyl (C=O) groups excluding carboxylic acids is 1. The fourth-order valence-electron chi connectivity index (χ4n) is 2.81. The maximum absolute atomic E-state index is 12.7. The molecular formula is C16H23NO3. The Labute approximate surface area is 120 Å². The van der Waals surface area contributed by atoms with Gasteiger partial charge in [0.2, 0.25) is 0 Å². The summed E-state index contributed by atoms with van der Waals surface area (Å²) in [6.07, 6.45) is 1.32. The SMILES string of the molecule is CO[C@@H](C(=O)N1CCCC(C)(CO)C1)c1ccccc1. The molecule has 1 fully saturated rings. The summed E-state index contributed by atoms with van der Waals surface area (Å²) in [5.74, 6) is -0.0157. The molecule has 1 unspecified atom stereocenters. The molecule has 4 heteroatoms. The second kappa shape index (κ2) is 6.37. The van der Waals surface area contributed by atoms with Crippen molar-refractivity contribution in [2.75, 3.05) is 26.8 Å². The molecule has 1 aliphatic rings. The molecule has 1 heterocycles. The summed E-state index contributed by atoms with van der Waals surface area (Å²) in [5.41, 5.74) is 0.680. The van der Waals surface area contributed by atoms with Crippen LogP contribution in [0.1, 0.15) is 31.4 Å². The fraction of sp³-hybridized carbons (Fsp3) is 0.562. The first kappa shape index (κ1) is 15.0. The predicted octanol–water partition coefficient (Wildman–Crippen LogP) is 2.00. The Morgan fingerprint density at radius 2 is 2.15 bits per heavy atom. The highest BCUT2D eigenvalue weighted by Crippen LogP contribution is 2.31. The van der Waals surface area contributed by atoms with Crippen molar-refractivity contribution in [2.45, 2.75) is 25.9 Å². The van der Waals surface area contributed by atoms with Crippen LogP contribution >= 0.6 is 0 Å². The fourth-order valence-corrected chi connectivity index (χ4v) is 2.81. The van der Waals surface area contributed by atoms with Crippen molar-refractivity contribution in [1.29, 1.82) is 0 Å². The zero-order valence-electron chi connectivity index (χ0n) is 12.2. The summed E-state index contributed by atoms with van der Waals surface area (Å²) in [6, 6.07) is 9.54. The van der Waals surface area contributed by atoms with E-state index in [-0.39, 0.29) is 17.9 Å². The van der Waals surface area contributed by atoms with Gasteiger partial charge in [0.25, 0.3) is 5.91 Å². The van der Waals surface area contributed by atoms with E-state index in [0.29, 0.717) is 6.54 Å². The van der Waals surface area contributed by atoms with Crippen LogP contribution in [0.25, 0.3) is 0 Å². The number of hydrogen-bond acceptors (Lipinski definition) is 3. The minimum Gasteiger partial charge on any atom is -0.396 e. The first-order valence-corrected chi connectivity index (χ1v) is 7.07. The number of hydrogen-bond donors (Lipinski definition) is 1. The zero-order chi connectivity index (χ0) is 14.6. The van der Waals surface area contributed by atoms with E-state index in [9.17, 15) is 9.90 Å². The molecule has 1 amide bonds. The number of piperidine rings is 1. The van der Waals surface area contributed by atoms with Gasteiger partial charge < -0.3 is 14.7 Å². The highest BCUT2D eigenvalue weighted by molar-refractivity contribution is 5.82. The van der Waals surface area contributed by atoms with Gasteiger partial charge >= 0.3 is 0 Å². The van der Waals surface area contributed by atoms with E-state index in [0.717, 1.165) is 24.9 Å². The van der Waals surface area contributed by atoms with Crippen LogP contribution in [0.3, 0.4) is 0 Å². The number of ether oxygens (including phenoxy) is 1. The summed E-state index contributed by atoms with van der Waals surface area (Å²) < 4.78 is 5.40. The average molecular weight is 277 g/mol. The number of rotatable bonds is 4. The van der Waals surface area contributed by atoms with Crippen LogP contribution in [-0.4, -0.2) is 42.7 Å². The van der Waals surface area contributed by atoms with Crippen LogP contribution < -0.4 is 0 Å². The Morgan fingerprint density at radius 3 is 2.75 bits per heavy atom. The molecule has 0 aromatic heterocycles. The number of likely N-dealkylation sites (tertiary alicyclic amines) is 1. The molecule has 2 rings (SSSR count). The van der Waals surface area contributed by atoms with E-state index >= 15 is 0 Å². The highest BCUT2D eigenvalue weighted by Gasteiger charge is 2.35. The van der Waals surface area contributed by atoms with Crippen molar-refractivity contribution in [3.63, 3.8) is 0 Å². The van der Waals surface area contributed by atoms with E-state index < -0.39 is 6.10 Å². The molecule has 1 aromatic carbocycles. The summed E-state index contributed by atoms with van der Waals surface area (Å²) in [7, 11) is 1.56. The number of benzene rings is 1. The largest absolute Gasteiger partial charge is 0.396 e. The number of nitrogens with zero attached hydrogens (tertiary/aromatic N) is 1. The van der Waals surface area contributed by atoms with Crippen molar-refractivity contribution in [2.24, 2.45) is 5.41 Å². The lowest BCUT2D eigenvalue weighted by molar-refractivity contribution is -0.146. The van der Waals surface area contributed by atoms with Crippen molar-refractivity contribution in [3.05, 3.63) is 35.9 Å². The summed E-state index contributed by atoms with van der Waals surface area (Å²) >= 11 is 0. The normalized spacial score (nSPS) is 24.4. The number of aliphatic hydroxyl groups excluding tert-OH is 1. The molecule has 1 aliphatic heterocycles. The van der Waals surface area contributed by atoms with Crippen LogP contribution in [-0.2, 0) is 9.53 Å². The van der Waals surface area contributed by atoms with Crippen LogP contribution in [0.5, 0.6) is 0 Å². The van der Waals surface area contributed by atoms with Gasteiger partial charge in [-0.1, -0.05) is 37.3 Å². The van der Waals surface area contributed by atoms with Gasteiger partial charge in [-0.2, -0.15) is 0 Å². The van der Waals surface area contributed by atoms with Gasteiger partial charge in [-0.3, -0.25) is 4.79 Å². The van der Waals surface area contributed by atoms with Gasteiger partial charge in [0.05, 0.1) is 6.61 Å². The summed E-state index contributed by atoms with van der Waals surface area (Å²) in [6.45, 7) is 3.46. The molecule has 0 spiro atoms. The highest BCUT2D eigenvalue weighted by atomic mass is 16.5. The van der Waals surface area contributed by atoms with E-state index in [2.05, 4.69) is 0 Å². The lowest BCUT2D eigenvalue weighted by Crippen LogP contribution is -2.48. The third-order valence-electron chi connectivity index (χ3n) is 4.04. The zero-order valence-corrected chi connectivity index (χ0v) is 12.2. The lowest BCUT2D eigenvalue weighted by atomic mass is 9.82. The van der Waals surface area contributed by atoms with E-state index in [4.69, 9.17) is 4.74 Å². The Kier molecular flexibility index (Phi) is 4.78. The molecule has 0 aliphatic carbocycles. The summed E-state index contributed by atoms with van der Waals surface area (Å²) in [4.78, 5) is 14.5. The van der Waals surface area contributed by atoms with E-state index in [1.54, 1.807) is 7.11 Å². The van der Waals surface area contributed by atoms with E-state index in [1.807, 2.05) is 42.2 Å². The molecule has 20 heavy (non-hydrogen) atoms. The van der Waals surface area contributed by atoms with Crippen LogP contribution in [0.2, 0.25) is 0 Å². The number of aliphatic hydroxyl groups is 1. The Morgan fingerprint density at radius 1 is 1.45 bits per heavy atom. The molecule has 2 atom stereocenters. The van der Waals surface area contributed by atoms with Gasteiger partial charge in [0.1, 0.15) is 0 Å². The van der Waals surface area contributed by atoms with Gasteiger partial charge in [0.15, 0.2) is 6.10 Å². The minimum absolute atomic E-state index is 0.0157. The standard InChI is InChI=1S/C16H23NO3/c1-16(12-18)9-6-10-17(11-16)15(19)14(20-2)13-7-4-3-5-8-13/h3-5,7-8,14,18H,6,9-12H2,1-2H3/t14-,16?/m1/s1. The monoisotopic (exact) mass is 277 g/mol. The molecule has 1 aromatic rings. The second-order valence-electron chi connectivity index (χ2n) is 5.86. The van der Waals surface area contributed by atoms with Crippen LogP contribution in [0, 0.1) is 5.41 Å². The van der Waals surface area contributed by atoms with Crippen molar-refractivity contribution in [3.8, 4) is 0 Å². The predicted molar refractivity (Wildman–Crippen MR) is 77.2 cm³/mol. The van der Waals surface area contributed by atoms with Gasteiger partial charge in [-0.15, -0.1) is 0 Å². The maximum atomic E-state index is 12.7. The molecule has 0 radical (unpaired) electrons. The Balaban J connectivity index is 2.13. The molecule has 0 saturated carbocycles. The van der Waals surface area contributed by atoms with Crippen LogP contribution in [0.4, 0.5) is 0 Å². The minimum atomic E-state index is -0.558. The summed E-state index contributed by atoms with van der Waals surface area (Å²) in [5, 5.41) is 9.49. The smallest absolute Gasteiger partial charge is 0.256 e. The number of methoxy groups -OCH3 is 1. The Bertz CT molecular complexity index is 448. The van der Waals surface area contributed by atoms with Crippen molar-refractivity contribution >= 4 is 5.91 Å². The molecule has 1 saturated heterocycles. The third kappa shape index (κ3) is 3.19. The number of amides is 1. The molecule has 1 N–H and O–H groups in total. The maximum Gasteiger partial charge on any atom is 0.256 e. The van der Waals surface area contributed by atoms with Crippen molar-refractivity contribution < 1.29 is 14.6 Å². The number of carbonyl (C=O) groups is 1. The third-order valence-corrected chi connectivity index (χ3v) is 4.04.